The molecule has 1 aliphatic heterocycles. The number of halogens is 1. The van der Waals surface area contributed by atoms with Gasteiger partial charge in [0.1, 0.15) is 5.82 Å². The van der Waals surface area contributed by atoms with Crippen molar-refractivity contribution >= 4 is 0 Å². The molecule has 0 aliphatic carbocycles. The average molecular weight is 222 g/mol. The highest BCUT2D eigenvalue weighted by atomic mass is 19.1. The van der Waals surface area contributed by atoms with Gasteiger partial charge in [-0.1, -0.05) is 12.1 Å². The lowest BCUT2D eigenvalue weighted by Gasteiger charge is -2.28. The van der Waals surface area contributed by atoms with Crippen molar-refractivity contribution in [2.75, 3.05) is 27.2 Å². The van der Waals surface area contributed by atoms with Crippen molar-refractivity contribution in [2.24, 2.45) is 0 Å². The molecule has 1 aromatic rings. The molecule has 1 heterocycles. The van der Waals surface area contributed by atoms with E-state index in [-0.39, 0.29) is 11.4 Å². The van der Waals surface area contributed by atoms with Gasteiger partial charge in [0.15, 0.2) is 0 Å². The van der Waals surface area contributed by atoms with Crippen molar-refractivity contribution < 1.29 is 4.39 Å². The van der Waals surface area contributed by atoms with E-state index in [9.17, 15) is 4.39 Å². The van der Waals surface area contributed by atoms with Crippen LogP contribution in [-0.2, 0) is 6.42 Å². The number of likely N-dealkylation sites (N-methyl/N-ethyl adjacent to an activating group) is 2. The van der Waals surface area contributed by atoms with Crippen LogP contribution in [-0.4, -0.2) is 37.6 Å². The van der Waals surface area contributed by atoms with Crippen molar-refractivity contribution in [3.05, 3.63) is 35.6 Å². The number of benzene rings is 1. The predicted octanol–water partition coefficient (Wildman–Crippen LogP) is 1.66. The summed E-state index contributed by atoms with van der Waals surface area (Å²) in [6, 6.07) is 6.84. The van der Waals surface area contributed by atoms with Crippen LogP contribution in [0, 0.1) is 5.82 Å². The second kappa shape index (κ2) is 4.52. The largest absolute Gasteiger partial charge is 0.313 e. The number of nitrogens with zero attached hydrogens (tertiary/aromatic N) is 1. The van der Waals surface area contributed by atoms with Crippen LogP contribution in [0.4, 0.5) is 4.39 Å². The molecule has 1 unspecified atom stereocenters. The van der Waals surface area contributed by atoms with E-state index in [1.165, 1.54) is 17.7 Å². The van der Waals surface area contributed by atoms with Gasteiger partial charge in [-0.15, -0.1) is 0 Å². The Balaban J connectivity index is 2.10. The first-order valence-corrected chi connectivity index (χ1v) is 5.75. The summed E-state index contributed by atoms with van der Waals surface area (Å²) in [7, 11) is 4.16. The molecule has 3 heteroatoms. The van der Waals surface area contributed by atoms with Crippen LogP contribution in [0.25, 0.3) is 0 Å². The zero-order valence-electron chi connectivity index (χ0n) is 9.96. The Kier molecular flexibility index (Phi) is 3.26. The van der Waals surface area contributed by atoms with Gasteiger partial charge in [-0.3, -0.25) is 0 Å². The minimum Gasteiger partial charge on any atom is -0.313 e. The first-order valence-electron chi connectivity index (χ1n) is 5.75. The van der Waals surface area contributed by atoms with Gasteiger partial charge in [0.05, 0.1) is 0 Å². The van der Waals surface area contributed by atoms with Crippen molar-refractivity contribution in [3.8, 4) is 0 Å². The third-order valence-electron chi connectivity index (χ3n) is 3.53. The van der Waals surface area contributed by atoms with E-state index in [4.69, 9.17) is 0 Å². The quantitative estimate of drug-likeness (QED) is 0.836. The average Bonchev–Trinajstić information content (AvgIpc) is 2.64. The molecule has 0 amide bonds. The van der Waals surface area contributed by atoms with E-state index >= 15 is 0 Å². The van der Waals surface area contributed by atoms with Crippen LogP contribution in [0.3, 0.4) is 0 Å². The Hall–Kier alpha value is -0.930. The maximum absolute atomic E-state index is 12.8. The van der Waals surface area contributed by atoms with E-state index in [1.54, 1.807) is 0 Å². The third-order valence-corrected chi connectivity index (χ3v) is 3.53. The fraction of sp³-hybridized carbons (Fsp3) is 0.538. The SMILES string of the molecule is CNC1(Cc2ccc(F)cc2)CCN(C)C1. The molecule has 2 nitrogen and oxygen atoms in total. The first kappa shape index (κ1) is 11.6. The van der Waals surface area contributed by atoms with E-state index in [0.717, 1.165) is 25.9 Å². The smallest absolute Gasteiger partial charge is 0.123 e. The summed E-state index contributed by atoms with van der Waals surface area (Å²) in [5, 5.41) is 3.44. The van der Waals surface area contributed by atoms with Gasteiger partial charge in [0, 0.05) is 12.1 Å². The predicted molar refractivity (Wildman–Crippen MR) is 64.0 cm³/mol. The molecule has 0 bridgehead atoms. The minimum atomic E-state index is -0.161. The molecule has 0 spiro atoms. The molecular weight excluding hydrogens is 203 g/mol. The molecule has 0 radical (unpaired) electrons. The summed E-state index contributed by atoms with van der Waals surface area (Å²) < 4.78 is 12.8. The van der Waals surface area contributed by atoms with Crippen LogP contribution in [0.5, 0.6) is 0 Å². The Morgan fingerprint density at radius 2 is 2.06 bits per heavy atom. The topological polar surface area (TPSA) is 15.3 Å². The van der Waals surface area contributed by atoms with Gasteiger partial charge in [-0.2, -0.15) is 0 Å². The standard InChI is InChI=1S/C13H19FN2/c1-15-13(7-8-16(2)10-13)9-11-3-5-12(14)6-4-11/h3-6,15H,7-10H2,1-2H3. The molecular formula is C13H19FN2. The van der Waals surface area contributed by atoms with Crippen LogP contribution in [0.1, 0.15) is 12.0 Å². The summed E-state index contributed by atoms with van der Waals surface area (Å²) in [4.78, 5) is 2.33. The molecule has 1 aliphatic rings. The monoisotopic (exact) mass is 222 g/mol. The fourth-order valence-electron chi connectivity index (χ4n) is 2.51. The molecule has 1 atom stereocenters. The lowest BCUT2D eigenvalue weighted by Crippen LogP contribution is -2.47. The second-order valence-corrected chi connectivity index (χ2v) is 4.82. The van der Waals surface area contributed by atoms with Gasteiger partial charge in [0.25, 0.3) is 0 Å². The van der Waals surface area contributed by atoms with E-state index in [0.29, 0.717) is 0 Å². The Bertz CT molecular complexity index is 349. The Labute approximate surface area is 96.5 Å². The lowest BCUT2D eigenvalue weighted by molar-refractivity contribution is 0.326. The number of hydrogen-bond donors (Lipinski definition) is 1. The molecule has 16 heavy (non-hydrogen) atoms. The van der Waals surface area contributed by atoms with Crippen LogP contribution < -0.4 is 5.32 Å². The molecule has 1 N–H and O–H groups in total. The number of hydrogen-bond acceptors (Lipinski definition) is 2. The second-order valence-electron chi connectivity index (χ2n) is 4.82. The summed E-state index contributed by atoms with van der Waals surface area (Å²) in [6.45, 7) is 2.18. The van der Waals surface area contributed by atoms with E-state index in [2.05, 4.69) is 17.3 Å². The van der Waals surface area contributed by atoms with Crippen LogP contribution >= 0.6 is 0 Å². The molecule has 1 aromatic carbocycles. The molecule has 1 fully saturated rings. The highest BCUT2D eigenvalue weighted by Crippen LogP contribution is 2.24. The van der Waals surface area contributed by atoms with Crippen molar-refractivity contribution in [2.45, 2.75) is 18.4 Å². The third kappa shape index (κ3) is 2.42. The normalized spacial score (nSPS) is 26.2. The summed E-state index contributed by atoms with van der Waals surface area (Å²) in [6.07, 6.45) is 2.12. The summed E-state index contributed by atoms with van der Waals surface area (Å²) in [5.41, 5.74) is 1.36. The highest BCUT2D eigenvalue weighted by molar-refractivity contribution is 5.20. The maximum atomic E-state index is 12.8. The van der Waals surface area contributed by atoms with Gasteiger partial charge in [0.2, 0.25) is 0 Å². The summed E-state index contributed by atoms with van der Waals surface area (Å²) in [5.74, 6) is -0.161. The van der Waals surface area contributed by atoms with Crippen molar-refractivity contribution in [3.63, 3.8) is 0 Å². The van der Waals surface area contributed by atoms with Crippen LogP contribution in [0.15, 0.2) is 24.3 Å². The molecule has 2 rings (SSSR count). The number of nitrogens with one attached hydrogen (secondary N) is 1. The summed E-state index contributed by atoms with van der Waals surface area (Å²) >= 11 is 0. The molecule has 0 aromatic heterocycles. The van der Waals surface area contributed by atoms with Gasteiger partial charge in [-0.05, 0) is 51.2 Å². The van der Waals surface area contributed by atoms with E-state index < -0.39 is 0 Å². The zero-order chi connectivity index (χ0) is 11.6. The first-order chi connectivity index (χ1) is 7.63. The van der Waals surface area contributed by atoms with Crippen LogP contribution in [0.2, 0.25) is 0 Å². The van der Waals surface area contributed by atoms with E-state index in [1.807, 2.05) is 19.2 Å². The van der Waals surface area contributed by atoms with Crippen molar-refractivity contribution in [1.29, 1.82) is 0 Å². The van der Waals surface area contributed by atoms with Gasteiger partial charge in [-0.25, -0.2) is 4.39 Å². The number of likely N-dealkylation sites (tertiary alicyclic amines) is 1. The van der Waals surface area contributed by atoms with Gasteiger partial charge >= 0.3 is 0 Å². The lowest BCUT2D eigenvalue weighted by atomic mass is 9.90. The maximum Gasteiger partial charge on any atom is 0.123 e. The highest BCUT2D eigenvalue weighted by Gasteiger charge is 2.34. The van der Waals surface area contributed by atoms with Crippen molar-refractivity contribution in [1.82, 2.24) is 10.2 Å². The molecule has 1 saturated heterocycles. The Morgan fingerprint density at radius 3 is 2.56 bits per heavy atom. The zero-order valence-corrected chi connectivity index (χ0v) is 9.96. The van der Waals surface area contributed by atoms with Gasteiger partial charge < -0.3 is 10.2 Å². The minimum absolute atomic E-state index is 0.159. The Morgan fingerprint density at radius 1 is 1.38 bits per heavy atom. The molecule has 88 valence electrons. The fourth-order valence-corrected chi connectivity index (χ4v) is 2.51. The molecule has 0 saturated carbocycles. The number of rotatable bonds is 3.